The van der Waals surface area contributed by atoms with Gasteiger partial charge in [0.05, 0.1) is 30.9 Å². The predicted octanol–water partition coefficient (Wildman–Crippen LogP) is 3.59. The van der Waals surface area contributed by atoms with Crippen LogP contribution < -0.4 is 16.0 Å². The zero-order valence-corrected chi connectivity index (χ0v) is 18.4. The molecule has 4 atom stereocenters. The second-order valence-corrected chi connectivity index (χ2v) is 8.34. The molecule has 0 unspecified atom stereocenters. The molecule has 0 saturated carbocycles. The van der Waals surface area contributed by atoms with E-state index in [4.69, 9.17) is 19.5 Å². The van der Waals surface area contributed by atoms with Crippen molar-refractivity contribution in [2.45, 2.75) is 44.1 Å². The van der Waals surface area contributed by atoms with Crippen molar-refractivity contribution < 1.29 is 23.8 Å². The molecule has 0 aliphatic carbocycles. The summed E-state index contributed by atoms with van der Waals surface area (Å²) in [5.74, 6) is 0.407. The maximum absolute atomic E-state index is 12.4. The molecular weight excluding hydrogens is 424 g/mol. The van der Waals surface area contributed by atoms with Crippen LogP contribution in [0.5, 0.6) is 0 Å². The van der Waals surface area contributed by atoms with Crippen LogP contribution in [0.1, 0.15) is 30.9 Å². The minimum absolute atomic E-state index is 0.180. The zero-order valence-electron chi connectivity index (χ0n) is 18.4. The molecule has 2 aliphatic rings. The summed E-state index contributed by atoms with van der Waals surface area (Å²) in [5.41, 5.74) is 2.78. The molecule has 0 aromatic heterocycles. The van der Waals surface area contributed by atoms with E-state index < -0.39 is 36.5 Å². The summed E-state index contributed by atoms with van der Waals surface area (Å²) in [4.78, 5) is 24.7. The first kappa shape index (κ1) is 22.6. The average molecular weight is 450 g/mol. The van der Waals surface area contributed by atoms with Crippen LogP contribution in [-0.4, -0.2) is 49.7 Å². The van der Waals surface area contributed by atoms with Gasteiger partial charge in [-0.15, -0.1) is 0 Å². The van der Waals surface area contributed by atoms with Crippen molar-refractivity contribution in [1.82, 2.24) is 5.32 Å². The van der Waals surface area contributed by atoms with E-state index in [9.17, 15) is 9.59 Å². The van der Waals surface area contributed by atoms with E-state index >= 15 is 0 Å². The van der Waals surface area contributed by atoms with Crippen LogP contribution in [0.2, 0.25) is 0 Å². The number of hydrogen-bond donors (Lipinski definition) is 3. The minimum Gasteiger partial charge on any atom is -0.441 e. The minimum atomic E-state index is -0.586. The molecule has 0 spiro atoms. The Labute approximate surface area is 192 Å². The Bertz CT molecular complexity index is 1050. The van der Waals surface area contributed by atoms with Crippen molar-refractivity contribution in [2.75, 3.05) is 23.8 Å². The summed E-state index contributed by atoms with van der Waals surface area (Å²) in [5, 5.41) is 17.2. The summed E-state index contributed by atoms with van der Waals surface area (Å²) in [7, 11) is 0. The largest absolute Gasteiger partial charge is 0.441 e. The lowest BCUT2D eigenvalue weighted by molar-refractivity contribution is 0.00874. The third-order valence-corrected chi connectivity index (χ3v) is 5.66. The van der Waals surface area contributed by atoms with Crippen LogP contribution in [-0.2, 0) is 14.2 Å². The van der Waals surface area contributed by atoms with E-state index in [0.29, 0.717) is 22.9 Å². The van der Waals surface area contributed by atoms with Gasteiger partial charge in [-0.1, -0.05) is 32.0 Å². The second kappa shape index (κ2) is 9.90. The highest BCUT2D eigenvalue weighted by molar-refractivity contribution is 5.89. The Morgan fingerprint density at radius 2 is 1.79 bits per heavy atom. The smallest absolute Gasteiger partial charge is 0.412 e. The van der Waals surface area contributed by atoms with Gasteiger partial charge in [0.15, 0.2) is 6.10 Å². The van der Waals surface area contributed by atoms with Gasteiger partial charge < -0.3 is 24.8 Å². The number of rotatable bonds is 5. The number of ether oxygens (including phenoxy) is 3. The molecule has 9 nitrogen and oxygen atoms in total. The van der Waals surface area contributed by atoms with Crippen LogP contribution in [0.4, 0.5) is 21.0 Å². The number of amides is 3. The van der Waals surface area contributed by atoms with Gasteiger partial charge in [-0.25, -0.2) is 9.59 Å². The van der Waals surface area contributed by atoms with Crippen molar-refractivity contribution in [3.63, 3.8) is 0 Å². The molecule has 0 radical (unpaired) electrons. The molecule has 2 aliphatic heterocycles. The number of hydrogen-bond acceptors (Lipinski definition) is 6. The molecule has 3 N–H and O–H groups in total. The second-order valence-electron chi connectivity index (χ2n) is 8.34. The highest BCUT2D eigenvalue weighted by atomic mass is 16.6. The van der Waals surface area contributed by atoms with E-state index in [1.807, 2.05) is 30.3 Å². The van der Waals surface area contributed by atoms with Gasteiger partial charge in [0.2, 0.25) is 0 Å². The monoisotopic (exact) mass is 450 g/mol. The molecule has 33 heavy (non-hydrogen) atoms. The normalized spacial score (nSPS) is 23.5. The summed E-state index contributed by atoms with van der Waals surface area (Å²) in [6, 6.07) is 15.4. The fraction of sp³-hybridized carbons (Fsp3) is 0.375. The molecule has 2 heterocycles. The first-order valence-electron chi connectivity index (χ1n) is 10.8. The number of carbonyl (C=O) groups is 2. The summed E-state index contributed by atoms with van der Waals surface area (Å²) < 4.78 is 17.1. The number of carbonyl (C=O) groups excluding carboxylic acids is 2. The molecule has 172 valence electrons. The lowest BCUT2D eigenvalue weighted by Gasteiger charge is -2.18. The SMILES string of the molecule is CC(C)c1ccc(NC(=O)O[C@@H]2CO[C@H]3[C@@H]2OC[C@@H]3NC(=O)Nc2cccc(C#N)c2)cc1. The van der Waals surface area contributed by atoms with Gasteiger partial charge in [-0.3, -0.25) is 5.32 Å². The predicted molar refractivity (Wildman–Crippen MR) is 121 cm³/mol. The number of fused-ring (bicyclic) bond motifs is 1. The Balaban J connectivity index is 1.27. The molecule has 2 aromatic rings. The average Bonchev–Trinajstić information content (AvgIpc) is 3.37. The van der Waals surface area contributed by atoms with Crippen molar-refractivity contribution in [1.29, 1.82) is 5.26 Å². The van der Waals surface area contributed by atoms with Crippen molar-refractivity contribution in [3.8, 4) is 6.07 Å². The number of anilines is 2. The fourth-order valence-corrected chi connectivity index (χ4v) is 3.93. The van der Waals surface area contributed by atoms with Gasteiger partial charge in [0.1, 0.15) is 12.2 Å². The summed E-state index contributed by atoms with van der Waals surface area (Å²) in [6.45, 7) is 4.62. The number of urea groups is 1. The number of nitrogens with one attached hydrogen (secondary N) is 3. The molecular formula is C24H26N4O5. The highest BCUT2D eigenvalue weighted by Gasteiger charge is 2.50. The van der Waals surface area contributed by atoms with E-state index in [1.165, 1.54) is 5.56 Å². The maximum atomic E-state index is 12.4. The van der Waals surface area contributed by atoms with Gasteiger partial charge in [0, 0.05) is 11.4 Å². The van der Waals surface area contributed by atoms with Crippen LogP contribution in [0.15, 0.2) is 48.5 Å². The van der Waals surface area contributed by atoms with E-state index in [-0.39, 0.29) is 13.2 Å². The van der Waals surface area contributed by atoms with E-state index in [1.54, 1.807) is 24.3 Å². The lowest BCUT2D eigenvalue weighted by atomic mass is 10.0. The Hall–Kier alpha value is -3.61. The number of benzene rings is 2. The molecule has 4 rings (SSSR count). The van der Waals surface area contributed by atoms with Crippen LogP contribution in [0.25, 0.3) is 0 Å². The Morgan fingerprint density at radius 3 is 2.52 bits per heavy atom. The molecule has 3 amide bonds. The van der Waals surface area contributed by atoms with Crippen molar-refractivity contribution in [2.24, 2.45) is 0 Å². The van der Waals surface area contributed by atoms with Crippen molar-refractivity contribution >= 4 is 23.5 Å². The van der Waals surface area contributed by atoms with E-state index in [2.05, 4.69) is 29.8 Å². The Morgan fingerprint density at radius 1 is 1.03 bits per heavy atom. The zero-order chi connectivity index (χ0) is 23.4. The molecule has 2 aromatic carbocycles. The number of nitrogens with zero attached hydrogens (tertiary/aromatic N) is 1. The van der Waals surface area contributed by atoms with E-state index in [0.717, 1.165) is 0 Å². The Kier molecular flexibility index (Phi) is 6.77. The van der Waals surface area contributed by atoms with Crippen LogP contribution >= 0.6 is 0 Å². The fourth-order valence-electron chi connectivity index (χ4n) is 3.93. The third kappa shape index (κ3) is 5.42. The standard InChI is InChI=1S/C24H26N4O5/c1-14(2)16-6-8-17(9-7-16)27-24(30)33-20-13-32-21-19(12-31-22(20)21)28-23(29)26-18-5-3-4-15(10-18)11-25/h3-10,14,19-22H,12-13H2,1-2H3,(H,27,30)(H2,26,28,29)/t19-,20+,21+,22+/m0/s1. The van der Waals surface area contributed by atoms with Gasteiger partial charge in [-0.2, -0.15) is 5.26 Å². The highest BCUT2D eigenvalue weighted by Crippen LogP contribution is 2.29. The number of nitriles is 1. The summed E-state index contributed by atoms with van der Waals surface area (Å²) in [6.07, 6.45) is -2.06. The topological polar surface area (TPSA) is 122 Å². The first-order chi connectivity index (χ1) is 15.9. The first-order valence-corrected chi connectivity index (χ1v) is 10.8. The van der Waals surface area contributed by atoms with Crippen LogP contribution in [0, 0.1) is 11.3 Å². The summed E-state index contributed by atoms with van der Waals surface area (Å²) >= 11 is 0. The molecule has 2 fully saturated rings. The van der Waals surface area contributed by atoms with Crippen molar-refractivity contribution in [3.05, 3.63) is 59.7 Å². The molecule has 0 bridgehead atoms. The van der Waals surface area contributed by atoms with Crippen LogP contribution in [0.3, 0.4) is 0 Å². The molecule has 9 heteroatoms. The van der Waals surface area contributed by atoms with Gasteiger partial charge in [-0.05, 0) is 41.8 Å². The van der Waals surface area contributed by atoms with Gasteiger partial charge >= 0.3 is 12.1 Å². The third-order valence-electron chi connectivity index (χ3n) is 5.66. The quantitative estimate of drug-likeness (QED) is 0.640. The van der Waals surface area contributed by atoms with Gasteiger partial charge in [0.25, 0.3) is 0 Å². The molecule has 2 saturated heterocycles. The lowest BCUT2D eigenvalue weighted by Crippen LogP contribution is -2.46. The maximum Gasteiger partial charge on any atom is 0.412 e.